The highest BCUT2D eigenvalue weighted by Crippen LogP contribution is 1.98. The van der Waals surface area contributed by atoms with E-state index in [1.807, 2.05) is 0 Å². The van der Waals surface area contributed by atoms with Crippen molar-refractivity contribution in [1.29, 1.82) is 0 Å². The van der Waals surface area contributed by atoms with E-state index in [9.17, 15) is 14.4 Å². The third kappa shape index (κ3) is 1.64. The minimum Gasteiger partial charge on any atom is -0.619 e. The van der Waals surface area contributed by atoms with Gasteiger partial charge in [-0.15, -0.1) is 0 Å². The monoisotopic (exact) mass is 157 g/mol. The highest BCUT2D eigenvalue weighted by molar-refractivity contribution is 5.86. The zero-order valence-corrected chi connectivity index (χ0v) is 5.32. The fourth-order valence-corrected chi connectivity index (χ4v) is 0.636. The first kappa shape index (κ1) is 7.46. The first-order valence-corrected chi connectivity index (χ1v) is 2.72. The normalized spacial score (nSPS) is 9.55. The van der Waals surface area contributed by atoms with Crippen molar-refractivity contribution in [3.63, 3.8) is 0 Å². The average molecular weight is 157 g/mol. The zero-order valence-electron chi connectivity index (χ0n) is 5.32. The Bertz CT molecular complexity index is 280. The van der Waals surface area contributed by atoms with Crippen LogP contribution in [-0.2, 0) is 0 Å². The molecule has 0 aliphatic heterocycles. The third-order valence-electron chi connectivity index (χ3n) is 1.06. The molecule has 1 aromatic rings. The Morgan fingerprint density at radius 2 is 2.27 bits per heavy atom. The zero-order chi connectivity index (χ0) is 8.43. The van der Waals surface area contributed by atoms with E-state index in [1.54, 1.807) is 0 Å². The second-order valence-electron chi connectivity index (χ2n) is 1.91. The Morgan fingerprint density at radius 1 is 1.64 bits per heavy atom. The molecule has 0 amide bonds. The molecule has 1 aromatic heterocycles. The van der Waals surface area contributed by atoms with E-state index in [-0.39, 0.29) is 10.3 Å². The number of carboxylic acid groups (broad SMARTS) is 1. The molecule has 0 spiro atoms. The lowest BCUT2D eigenvalue weighted by Gasteiger charge is -1.96. The van der Waals surface area contributed by atoms with Gasteiger partial charge in [0.15, 0.2) is 12.0 Å². The number of pyridine rings is 1. The maximum absolute atomic E-state index is 12.3. The molecular weight excluding hydrogens is 153 g/mol. The Morgan fingerprint density at radius 3 is 2.73 bits per heavy atom. The van der Waals surface area contributed by atoms with Gasteiger partial charge in [-0.2, -0.15) is 4.73 Å². The van der Waals surface area contributed by atoms with E-state index in [0.29, 0.717) is 6.20 Å². The van der Waals surface area contributed by atoms with Crippen molar-refractivity contribution >= 4 is 5.97 Å². The fourth-order valence-electron chi connectivity index (χ4n) is 0.636. The van der Waals surface area contributed by atoms with Crippen molar-refractivity contribution in [3.05, 3.63) is 35.0 Å². The van der Waals surface area contributed by atoms with Gasteiger partial charge in [0.05, 0.1) is 0 Å². The van der Waals surface area contributed by atoms with E-state index < -0.39 is 11.8 Å². The summed E-state index contributed by atoms with van der Waals surface area (Å²) in [7, 11) is 0. The molecule has 0 radical (unpaired) electrons. The minimum absolute atomic E-state index is 0.110. The van der Waals surface area contributed by atoms with Crippen molar-refractivity contribution in [2.45, 2.75) is 0 Å². The van der Waals surface area contributed by atoms with Gasteiger partial charge < -0.3 is 10.3 Å². The molecule has 0 unspecified atom stereocenters. The van der Waals surface area contributed by atoms with E-state index >= 15 is 0 Å². The van der Waals surface area contributed by atoms with Crippen LogP contribution in [0, 0.1) is 11.0 Å². The molecule has 0 atom stereocenters. The second kappa shape index (κ2) is 2.53. The van der Waals surface area contributed by atoms with Gasteiger partial charge in [-0.25, -0.2) is 9.18 Å². The van der Waals surface area contributed by atoms with Crippen LogP contribution in [0.1, 0.15) is 10.4 Å². The summed E-state index contributed by atoms with van der Waals surface area (Å²) in [4.78, 5) is 10.2. The Balaban J connectivity index is 3.19. The molecule has 0 saturated heterocycles. The van der Waals surface area contributed by atoms with Gasteiger partial charge in [-0.1, -0.05) is 0 Å². The predicted molar refractivity (Wildman–Crippen MR) is 32.3 cm³/mol. The van der Waals surface area contributed by atoms with E-state index in [1.165, 1.54) is 0 Å². The molecule has 0 aliphatic rings. The van der Waals surface area contributed by atoms with Crippen molar-refractivity contribution in [1.82, 2.24) is 0 Å². The first-order chi connectivity index (χ1) is 5.09. The number of aromatic nitrogens is 1. The first-order valence-electron chi connectivity index (χ1n) is 2.72. The summed E-state index contributed by atoms with van der Waals surface area (Å²) in [5, 5.41) is 18.7. The summed E-state index contributed by atoms with van der Waals surface area (Å²) in [6, 6.07) is 0.775. The standard InChI is InChI=1S/C6H4FNO3/c7-5-1-4(6(9)10)2-8(11)3-5/h1-3H,(H,9,10). The molecular formula is C6H4FNO3. The van der Waals surface area contributed by atoms with Crippen molar-refractivity contribution in [2.75, 3.05) is 0 Å². The number of hydrogen-bond acceptors (Lipinski definition) is 2. The number of nitrogens with zero attached hydrogens (tertiary/aromatic N) is 1. The molecule has 11 heavy (non-hydrogen) atoms. The SMILES string of the molecule is O=C(O)c1cc(F)c[n+]([O-])c1. The summed E-state index contributed by atoms with van der Waals surface area (Å²) in [5.41, 5.74) is -0.361. The van der Waals surface area contributed by atoms with Crippen molar-refractivity contribution in [3.8, 4) is 0 Å². The number of carboxylic acids is 1. The van der Waals surface area contributed by atoms with Gasteiger partial charge in [-0.3, -0.25) is 0 Å². The lowest BCUT2D eigenvalue weighted by Crippen LogP contribution is -2.27. The lowest BCUT2D eigenvalue weighted by atomic mass is 10.3. The molecule has 0 fully saturated rings. The van der Waals surface area contributed by atoms with Crippen LogP contribution in [0.4, 0.5) is 4.39 Å². The Hall–Kier alpha value is -1.65. The molecule has 1 N–H and O–H groups in total. The molecule has 5 heteroatoms. The molecule has 1 heterocycles. The van der Waals surface area contributed by atoms with Gasteiger partial charge in [0.2, 0.25) is 6.20 Å². The van der Waals surface area contributed by atoms with E-state index in [0.717, 1.165) is 12.3 Å². The van der Waals surface area contributed by atoms with Gasteiger partial charge in [0.25, 0.3) is 0 Å². The van der Waals surface area contributed by atoms with Crippen LogP contribution in [0.3, 0.4) is 0 Å². The number of hydrogen-bond donors (Lipinski definition) is 1. The molecule has 58 valence electrons. The number of halogens is 1. The molecule has 0 saturated carbocycles. The summed E-state index contributed by atoms with van der Waals surface area (Å²) in [6.07, 6.45) is 1.43. The molecule has 0 bridgehead atoms. The third-order valence-corrected chi connectivity index (χ3v) is 1.06. The smallest absolute Gasteiger partial charge is 0.341 e. The minimum atomic E-state index is -1.32. The second-order valence-corrected chi connectivity index (χ2v) is 1.91. The summed E-state index contributed by atoms with van der Waals surface area (Å²) in [6.45, 7) is 0. The lowest BCUT2D eigenvalue weighted by molar-refractivity contribution is -0.607. The van der Waals surface area contributed by atoms with Crippen LogP contribution < -0.4 is 4.73 Å². The maximum atomic E-state index is 12.3. The van der Waals surface area contributed by atoms with Gasteiger partial charge in [-0.05, 0) is 0 Å². The predicted octanol–water partition coefficient (Wildman–Crippen LogP) is 0.157. The topological polar surface area (TPSA) is 64.2 Å². The largest absolute Gasteiger partial charge is 0.619 e. The molecule has 0 aliphatic carbocycles. The van der Waals surface area contributed by atoms with Crippen molar-refractivity contribution < 1.29 is 19.0 Å². The van der Waals surface area contributed by atoms with Crippen LogP contribution in [-0.4, -0.2) is 11.1 Å². The van der Waals surface area contributed by atoms with E-state index in [4.69, 9.17) is 5.11 Å². The summed E-state index contributed by atoms with van der Waals surface area (Å²) >= 11 is 0. The summed E-state index contributed by atoms with van der Waals surface area (Å²) < 4.78 is 12.4. The van der Waals surface area contributed by atoms with E-state index in [2.05, 4.69) is 0 Å². The highest BCUT2D eigenvalue weighted by atomic mass is 19.1. The molecule has 1 rings (SSSR count). The van der Waals surface area contributed by atoms with Crippen LogP contribution in [0.2, 0.25) is 0 Å². The number of carbonyl (C=O) groups is 1. The molecule has 4 nitrogen and oxygen atoms in total. The van der Waals surface area contributed by atoms with Gasteiger partial charge in [0.1, 0.15) is 5.56 Å². The van der Waals surface area contributed by atoms with Crippen LogP contribution in [0.25, 0.3) is 0 Å². The highest BCUT2D eigenvalue weighted by Gasteiger charge is 2.08. The fraction of sp³-hybridized carbons (Fsp3) is 0. The van der Waals surface area contributed by atoms with Gasteiger partial charge >= 0.3 is 5.97 Å². The average Bonchev–Trinajstić information content (AvgIpc) is 1.85. The van der Waals surface area contributed by atoms with Crippen LogP contribution in [0.15, 0.2) is 18.5 Å². The number of aromatic carboxylic acids is 1. The van der Waals surface area contributed by atoms with Crippen LogP contribution >= 0.6 is 0 Å². The Labute approximate surface area is 61.1 Å². The Kier molecular flexibility index (Phi) is 1.72. The molecule has 0 aromatic carbocycles. The van der Waals surface area contributed by atoms with Gasteiger partial charge in [0, 0.05) is 6.07 Å². The summed E-state index contributed by atoms with van der Waals surface area (Å²) in [5.74, 6) is -2.19. The van der Waals surface area contributed by atoms with Crippen LogP contribution in [0.5, 0.6) is 0 Å². The van der Waals surface area contributed by atoms with Crippen molar-refractivity contribution in [2.24, 2.45) is 0 Å². The number of rotatable bonds is 1. The maximum Gasteiger partial charge on any atom is 0.341 e. The quantitative estimate of drug-likeness (QED) is 0.466.